The highest BCUT2D eigenvalue weighted by Crippen LogP contribution is 2.34. The van der Waals surface area contributed by atoms with Gasteiger partial charge in [-0.05, 0) is 12.1 Å². The van der Waals surface area contributed by atoms with Crippen LogP contribution in [-0.2, 0) is 4.79 Å². The Hall–Kier alpha value is -0.480. The molecule has 0 aromatic heterocycles. The number of hydrogen-bond donors (Lipinski definition) is 1. The molecular formula is C7H5Cl3N2O. The highest BCUT2D eigenvalue weighted by molar-refractivity contribution is 6.42. The summed E-state index contributed by atoms with van der Waals surface area (Å²) in [7, 11) is 0. The van der Waals surface area contributed by atoms with Gasteiger partial charge in [0.05, 0.1) is 15.7 Å². The predicted molar refractivity (Wildman–Crippen MR) is 54.2 cm³/mol. The maximum Gasteiger partial charge on any atom is 0.228 e. The smallest absolute Gasteiger partial charge is 0.228 e. The number of rotatable bonds is 2. The van der Waals surface area contributed by atoms with Crippen molar-refractivity contribution in [2.45, 2.75) is 0 Å². The molecule has 3 nitrogen and oxygen atoms in total. The van der Waals surface area contributed by atoms with Gasteiger partial charge in [-0.15, -0.1) is 0 Å². The lowest BCUT2D eigenvalue weighted by atomic mass is 10.3. The maximum atomic E-state index is 10.3. The van der Waals surface area contributed by atoms with Crippen molar-refractivity contribution in [3.05, 3.63) is 27.2 Å². The quantitative estimate of drug-likeness (QED) is 0.373. The topological polar surface area (TPSA) is 46.3 Å². The summed E-state index contributed by atoms with van der Waals surface area (Å²) in [6.07, 6.45) is 0.404. The van der Waals surface area contributed by atoms with E-state index in [1.54, 1.807) is 0 Å². The molecule has 13 heavy (non-hydrogen) atoms. The van der Waals surface area contributed by atoms with Gasteiger partial charge in [-0.2, -0.15) is 0 Å². The van der Waals surface area contributed by atoms with Gasteiger partial charge in [-0.3, -0.25) is 4.79 Å². The zero-order valence-electron chi connectivity index (χ0n) is 6.30. The Morgan fingerprint density at radius 1 is 1.23 bits per heavy atom. The average molecular weight is 239 g/mol. The summed E-state index contributed by atoms with van der Waals surface area (Å²) >= 11 is 17.2. The molecule has 70 valence electrons. The Balaban J connectivity index is 3.28. The van der Waals surface area contributed by atoms with Gasteiger partial charge in [-0.1, -0.05) is 34.8 Å². The van der Waals surface area contributed by atoms with Crippen LogP contribution >= 0.6 is 34.8 Å². The summed E-state index contributed by atoms with van der Waals surface area (Å²) in [6, 6.07) is 2.90. The molecular weight excluding hydrogens is 234 g/mol. The minimum absolute atomic E-state index is 0.229. The fourth-order valence-electron chi connectivity index (χ4n) is 0.834. The van der Waals surface area contributed by atoms with Crippen LogP contribution in [0.5, 0.6) is 0 Å². The molecule has 0 aliphatic rings. The summed E-state index contributed by atoms with van der Waals surface area (Å²) in [4.78, 5) is 10.3. The van der Waals surface area contributed by atoms with Crippen LogP contribution in [0, 0.1) is 0 Å². The molecule has 0 spiro atoms. The molecule has 0 saturated carbocycles. The Labute approximate surface area is 89.9 Å². The minimum Gasteiger partial charge on any atom is -0.277 e. The number of carbonyl (C=O) groups is 1. The van der Waals surface area contributed by atoms with Crippen molar-refractivity contribution >= 4 is 46.9 Å². The molecule has 0 atom stereocenters. The normalized spacial score (nSPS) is 9.85. The van der Waals surface area contributed by atoms with Crippen molar-refractivity contribution in [2.24, 2.45) is 5.84 Å². The van der Waals surface area contributed by atoms with Crippen molar-refractivity contribution in [2.75, 3.05) is 5.01 Å². The summed E-state index contributed by atoms with van der Waals surface area (Å²) in [5.41, 5.74) is 0.239. The molecule has 0 saturated heterocycles. The van der Waals surface area contributed by atoms with E-state index in [0.717, 1.165) is 5.01 Å². The van der Waals surface area contributed by atoms with Crippen LogP contribution in [0.4, 0.5) is 5.69 Å². The second-order valence-electron chi connectivity index (χ2n) is 2.23. The van der Waals surface area contributed by atoms with Gasteiger partial charge >= 0.3 is 0 Å². The molecule has 2 N–H and O–H groups in total. The fraction of sp³-hybridized carbons (Fsp3) is 0. The largest absolute Gasteiger partial charge is 0.277 e. The number of hydrazine groups is 1. The van der Waals surface area contributed by atoms with E-state index in [0.29, 0.717) is 11.4 Å². The van der Waals surface area contributed by atoms with Gasteiger partial charge in [-0.25, -0.2) is 10.9 Å². The fourth-order valence-corrected chi connectivity index (χ4v) is 1.85. The van der Waals surface area contributed by atoms with Crippen molar-refractivity contribution in [1.82, 2.24) is 0 Å². The van der Waals surface area contributed by atoms with Crippen LogP contribution in [0.15, 0.2) is 12.1 Å². The first-order chi connectivity index (χ1) is 6.06. The molecule has 1 amide bonds. The molecule has 1 aromatic carbocycles. The SMILES string of the molecule is NN(C=O)c1c(Cl)cc(Cl)cc1Cl. The Morgan fingerprint density at radius 3 is 2.08 bits per heavy atom. The van der Waals surface area contributed by atoms with Crippen molar-refractivity contribution in [1.29, 1.82) is 0 Å². The first-order valence-electron chi connectivity index (χ1n) is 3.20. The Kier molecular flexibility index (Phi) is 3.39. The van der Waals surface area contributed by atoms with E-state index < -0.39 is 0 Å². The standard InChI is InChI=1S/C7H5Cl3N2O/c8-4-1-5(9)7(6(10)2-4)12(11)3-13/h1-3H,11H2. The number of nitrogens with zero attached hydrogens (tertiary/aromatic N) is 1. The predicted octanol–water partition coefficient (Wildman–Crippen LogP) is 2.48. The van der Waals surface area contributed by atoms with Crippen LogP contribution in [0.2, 0.25) is 15.1 Å². The van der Waals surface area contributed by atoms with Gasteiger partial charge in [0.15, 0.2) is 0 Å². The first kappa shape index (κ1) is 10.6. The lowest BCUT2D eigenvalue weighted by Gasteiger charge is -2.13. The van der Waals surface area contributed by atoms with Gasteiger partial charge in [0.2, 0.25) is 6.41 Å². The third-order valence-corrected chi connectivity index (χ3v) is 2.15. The summed E-state index contributed by atoms with van der Waals surface area (Å²) in [5, 5.41) is 1.64. The molecule has 0 radical (unpaired) electrons. The molecule has 1 rings (SSSR count). The second-order valence-corrected chi connectivity index (χ2v) is 3.48. The monoisotopic (exact) mass is 238 g/mol. The van der Waals surface area contributed by atoms with Crippen LogP contribution in [-0.4, -0.2) is 6.41 Å². The van der Waals surface area contributed by atoms with Crippen LogP contribution in [0.25, 0.3) is 0 Å². The number of nitrogens with two attached hydrogens (primary N) is 1. The molecule has 0 fully saturated rings. The number of benzene rings is 1. The highest BCUT2D eigenvalue weighted by Gasteiger charge is 2.11. The summed E-state index contributed by atoms with van der Waals surface area (Å²) in [6.45, 7) is 0. The van der Waals surface area contributed by atoms with E-state index in [2.05, 4.69) is 0 Å². The molecule has 0 aliphatic carbocycles. The molecule has 0 bridgehead atoms. The van der Waals surface area contributed by atoms with Crippen molar-refractivity contribution < 1.29 is 4.79 Å². The zero-order valence-corrected chi connectivity index (χ0v) is 8.57. The van der Waals surface area contributed by atoms with Gasteiger partial charge in [0.1, 0.15) is 0 Å². The van der Waals surface area contributed by atoms with E-state index in [-0.39, 0.29) is 15.7 Å². The van der Waals surface area contributed by atoms with E-state index in [9.17, 15) is 4.79 Å². The van der Waals surface area contributed by atoms with E-state index in [4.69, 9.17) is 40.6 Å². The molecule has 1 aromatic rings. The van der Waals surface area contributed by atoms with Gasteiger partial charge in [0.25, 0.3) is 0 Å². The van der Waals surface area contributed by atoms with Crippen LogP contribution in [0.3, 0.4) is 0 Å². The lowest BCUT2D eigenvalue weighted by molar-refractivity contribution is -0.107. The molecule has 0 heterocycles. The minimum atomic E-state index is 0.229. The highest BCUT2D eigenvalue weighted by atomic mass is 35.5. The maximum absolute atomic E-state index is 10.3. The molecule has 0 unspecified atom stereocenters. The lowest BCUT2D eigenvalue weighted by Crippen LogP contribution is -2.29. The Morgan fingerprint density at radius 2 is 1.69 bits per heavy atom. The van der Waals surface area contributed by atoms with Gasteiger partial charge < -0.3 is 0 Å². The first-order valence-corrected chi connectivity index (χ1v) is 4.33. The van der Waals surface area contributed by atoms with E-state index >= 15 is 0 Å². The number of carbonyl (C=O) groups excluding carboxylic acids is 1. The van der Waals surface area contributed by atoms with E-state index in [1.807, 2.05) is 0 Å². The van der Waals surface area contributed by atoms with Gasteiger partial charge in [0, 0.05) is 5.02 Å². The van der Waals surface area contributed by atoms with Crippen molar-refractivity contribution in [3.63, 3.8) is 0 Å². The van der Waals surface area contributed by atoms with Crippen LogP contribution in [0.1, 0.15) is 0 Å². The molecule has 0 aliphatic heterocycles. The summed E-state index contributed by atoms with van der Waals surface area (Å²) in [5.74, 6) is 5.30. The number of halogens is 3. The van der Waals surface area contributed by atoms with E-state index in [1.165, 1.54) is 12.1 Å². The molecule has 6 heteroatoms. The summed E-state index contributed by atoms with van der Waals surface area (Å²) < 4.78 is 0. The Bertz CT molecular complexity index is 320. The number of anilines is 1. The van der Waals surface area contributed by atoms with Crippen LogP contribution < -0.4 is 10.9 Å². The number of hydrogen-bond acceptors (Lipinski definition) is 2. The third kappa shape index (κ3) is 2.25. The number of amides is 1. The van der Waals surface area contributed by atoms with Crippen molar-refractivity contribution in [3.8, 4) is 0 Å². The second kappa shape index (κ2) is 4.15. The third-order valence-electron chi connectivity index (χ3n) is 1.35. The average Bonchev–Trinajstić information content (AvgIpc) is 2.02. The zero-order chi connectivity index (χ0) is 10.0.